The van der Waals surface area contributed by atoms with E-state index in [2.05, 4.69) is 0 Å². The van der Waals surface area contributed by atoms with Gasteiger partial charge in [-0.25, -0.2) is 0 Å². The second-order valence-electron chi connectivity index (χ2n) is 2.28. The molecule has 0 fully saturated rings. The van der Waals surface area contributed by atoms with Gasteiger partial charge in [0.25, 0.3) is 0 Å². The van der Waals surface area contributed by atoms with Crippen LogP contribution in [-0.2, 0) is 0 Å². The summed E-state index contributed by atoms with van der Waals surface area (Å²) in [5.41, 5.74) is -1.66. The Morgan fingerprint density at radius 2 is 1.80 bits per heavy atom. The molecule has 0 aliphatic carbocycles. The van der Waals surface area contributed by atoms with Crippen LogP contribution in [0, 0.1) is 20.2 Å². The summed E-state index contributed by atoms with van der Waals surface area (Å²) >= 11 is 5.34. The van der Waals surface area contributed by atoms with Crippen molar-refractivity contribution in [2.24, 2.45) is 0 Å². The number of nitro groups is 2. The molecule has 0 radical (unpaired) electrons. The Kier molecular flexibility index (Phi) is 4.95. The summed E-state index contributed by atoms with van der Waals surface area (Å²) in [4.78, 5) is 18.8. The predicted molar refractivity (Wildman–Crippen MR) is 47.5 cm³/mol. The smallest absolute Gasteiger partial charge is 1.00 e. The van der Waals surface area contributed by atoms with Gasteiger partial charge in [-0.3, -0.25) is 20.2 Å². The minimum atomic E-state index is -1.01. The number of nitro benzene ring substituents is 2. The molecule has 1 aromatic carbocycles. The molecule has 0 heterocycles. The third-order valence-corrected chi connectivity index (χ3v) is 1.83. The molecule has 0 bridgehead atoms. The van der Waals surface area contributed by atoms with Gasteiger partial charge in [-0.15, -0.1) is 0 Å². The van der Waals surface area contributed by atoms with Crippen LogP contribution in [0.1, 0.15) is 1.43 Å². The maximum atomic E-state index is 10.4. The average Bonchev–Trinajstić information content (AvgIpc) is 2.08. The monoisotopic (exact) mass is 242 g/mol. The van der Waals surface area contributed by atoms with Crippen LogP contribution in [0.3, 0.4) is 0 Å². The molecule has 0 amide bonds. The van der Waals surface area contributed by atoms with Crippen molar-refractivity contribution >= 4 is 23.0 Å². The third-order valence-electron chi connectivity index (χ3n) is 1.45. The van der Waals surface area contributed by atoms with Gasteiger partial charge in [0.1, 0.15) is 5.75 Å². The van der Waals surface area contributed by atoms with Crippen molar-refractivity contribution in [2.45, 2.75) is 0 Å². The molecular weight excluding hydrogens is 239 g/mol. The van der Waals surface area contributed by atoms with Gasteiger partial charge in [0.2, 0.25) is 0 Å². The second-order valence-corrected chi connectivity index (χ2v) is 2.66. The average molecular weight is 243 g/mol. The molecule has 0 atom stereocenters. The van der Waals surface area contributed by atoms with Crippen LogP contribution in [0.5, 0.6) is 5.75 Å². The molecular formula is C6H4ClN2NaO5. The maximum absolute atomic E-state index is 10.4. The minimum absolute atomic E-state index is 0. The molecule has 9 heteroatoms. The first kappa shape index (κ1) is 14.1. The van der Waals surface area contributed by atoms with E-state index < -0.39 is 32.0 Å². The largest absolute Gasteiger partial charge is 1.00 e. The fourth-order valence-corrected chi connectivity index (χ4v) is 1.09. The number of nitrogens with zero attached hydrogens (tertiary/aromatic N) is 2. The van der Waals surface area contributed by atoms with Gasteiger partial charge in [-0.2, -0.15) is 0 Å². The molecule has 0 aliphatic heterocycles. The van der Waals surface area contributed by atoms with Crippen molar-refractivity contribution in [3.8, 4) is 5.75 Å². The molecule has 1 N–H and O–H groups in total. The van der Waals surface area contributed by atoms with E-state index in [-0.39, 0.29) is 31.0 Å². The number of aromatic hydroxyl groups is 1. The SMILES string of the molecule is O=[N+]([O-])c1ccc(O)c(Cl)c1[N+](=O)[O-].[H-].[Na+]. The summed E-state index contributed by atoms with van der Waals surface area (Å²) < 4.78 is 0. The molecule has 0 saturated carbocycles. The van der Waals surface area contributed by atoms with Crippen LogP contribution in [0.25, 0.3) is 0 Å². The fraction of sp³-hybridized carbons (Fsp3) is 0. The molecule has 0 spiro atoms. The van der Waals surface area contributed by atoms with E-state index in [4.69, 9.17) is 16.7 Å². The number of hydrogen-bond acceptors (Lipinski definition) is 5. The predicted octanol–water partition coefficient (Wildman–Crippen LogP) is -1.02. The number of benzene rings is 1. The van der Waals surface area contributed by atoms with Crippen LogP contribution in [0.15, 0.2) is 12.1 Å². The molecule has 1 rings (SSSR count). The van der Waals surface area contributed by atoms with E-state index in [0.29, 0.717) is 0 Å². The first-order chi connectivity index (χ1) is 6.45. The van der Waals surface area contributed by atoms with Gasteiger partial charge >= 0.3 is 40.9 Å². The van der Waals surface area contributed by atoms with Gasteiger partial charge in [0.15, 0.2) is 5.02 Å². The minimum Gasteiger partial charge on any atom is -1.00 e. The van der Waals surface area contributed by atoms with Crippen molar-refractivity contribution in [3.05, 3.63) is 37.4 Å². The van der Waals surface area contributed by atoms with E-state index in [1.165, 1.54) is 0 Å². The van der Waals surface area contributed by atoms with Crippen LogP contribution in [-0.4, -0.2) is 15.0 Å². The summed E-state index contributed by atoms with van der Waals surface area (Å²) in [5.74, 6) is -0.566. The Morgan fingerprint density at radius 3 is 2.20 bits per heavy atom. The Balaban J connectivity index is 0. The normalized spacial score (nSPS) is 9.13. The number of rotatable bonds is 2. The zero-order valence-electron chi connectivity index (χ0n) is 8.51. The van der Waals surface area contributed by atoms with Gasteiger partial charge < -0.3 is 6.53 Å². The summed E-state index contributed by atoms with van der Waals surface area (Å²) in [7, 11) is 0. The van der Waals surface area contributed by atoms with Crippen LogP contribution in [0.4, 0.5) is 11.4 Å². The van der Waals surface area contributed by atoms with Crippen LogP contribution < -0.4 is 29.6 Å². The Labute approximate surface area is 112 Å². The standard InChI is InChI=1S/C6H3ClN2O5.Na.H/c7-5-4(10)2-1-3(8(11)12)6(5)9(13)14;;/h1-2,10H;;/q;+1;-1. The summed E-state index contributed by atoms with van der Waals surface area (Å²) in [6.07, 6.45) is 0. The van der Waals surface area contributed by atoms with Gasteiger partial charge in [-0.05, 0) is 6.07 Å². The molecule has 1 aromatic rings. The number of phenolic OH excluding ortho intramolecular Hbond substituents is 1. The molecule has 76 valence electrons. The zero-order chi connectivity index (χ0) is 10.9. The van der Waals surface area contributed by atoms with Crippen molar-refractivity contribution in [2.75, 3.05) is 0 Å². The molecule has 0 saturated heterocycles. The number of hydrogen-bond donors (Lipinski definition) is 1. The molecule has 7 nitrogen and oxygen atoms in total. The van der Waals surface area contributed by atoms with Crippen molar-refractivity contribution < 1.29 is 45.9 Å². The molecule has 0 aliphatic rings. The summed E-state index contributed by atoms with van der Waals surface area (Å²) in [5, 5.41) is 29.1. The Bertz CT molecular complexity index is 430. The number of halogens is 1. The first-order valence-corrected chi connectivity index (χ1v) is 3.63. The van der Waals surface area contributed by atoms with Crippen molar-refractivity contribution in [1.82, 2.24) is 0 Å². The van der Waals surface area contributed by atoms with Crippen LogP contribution in [0.2, 0.25) is 5.02 Å². The fourth-order valence-electron chi connectivity index (χ4n) is 0.865. The molecule has 15 heavy (non-hydrogen) atoms. The van der Waals surface area contributed by atoms with E-state index in [1.807, 2.05) is 0 Å². The van der Waals surface area contributed by atoms with E-state index >= 15 is 0 Å². The summed E-state index contributed by atoms with van der Waals surface area (Å²) in [6, 6.07) is 1.74. The topological polar surface area (TPSA) is 107 Å². The van der Waals surface area contributed by atoms with E-state index in [9.17, 15) is 20.2 Å². The Hall–Kier alpha value is -0.890. The van der Waals surface area contributed by atoms with E-state index in [0.717, 1.165) is 12.1 Å². The molecule has 0 unspecified atom stereocenters. The van der Waals surface area contributed by atoms with Gasteiger partial charge in [0.05, 0.1) is 9.85 Å². The molecule has 0 aromatic heterocycles. The maximum Gasteiger partial charge on any atom is 1.00 e. The van der Waals surface area contributed by atoms with E-state index in [1.54, 1.807) is 0 Å². The van der Waals surface area contributed by atoms with Gasteiger partial charge in [0, 0.05) is 6.07 Å². The second kappa shape index (κ2) is 5.26. The zero-order valence-corrected chi connectivity index (χ0v) is 10.3. The quantitative estimate of drug-likeness (QED) is 0.406. The summed E-state index contributed by atoms with van der Waals surface area (Å²) in [6.45, 7) is 0. The Morgan fingerprint density at radius 1 is 1.27 bits per heavy atom. The van der Waals surface area contributed by atoms with Crippen molar-refractivity contribution in [3.63, 3.8) is 0 Å². The van der Waals surface area contributed by atoms with Crippen LogP contribution >= 0.6 is 11.6 Å². The van der Waals surface area contributed by atoms with Gasteiger partial charge in [-0.1, -0.05) is 11.6 Å². The first-order valence-electron chi connectivity index (χ1n) is 3.25. The number of phenols is 1. The third kappa shape index (κ3) is 2.78. The van der Waals surface area contributed by atoms with Crippen molar-refractivity contribution in [1.29, 1.82) is 0 Å².